The molecule has 0 aromatic heterocycles. The molecule has 3 rings (SSSR count). The maximum Gasteiger partial charge on any atom is 0.0626 e. The van der Waals surface area contributed by atoms with E-state index in [-0.39, 0.29) is 12.6 Å². The van der Waals surface area contributed by atoms with Crippen molar-refractivity contribution in [2.45, 2.75) is 31.2 Å². The average molecular weight is 281 g/mol. The summed E-state index contributed by atoms with van der Waals surface area (Å²) in [5.41, 5.74) is 4.14. The van der Waals surface area contributed by atoms with Gasteiger partial charge in [-0.25, -0.2) is 0 Å². The van der Waals surface area contributed by atoms with E-state index in [0.29, 0.717) is 5.92 Å². The fourth-order valence-corrected chi connectivity index (χ4v) is 3.32. The number of aliphatic hydroxyl groups excluding tert-OH is 1. The molecule has 2 nitrogen and oxygen atoms in total. The van der Waals surface area contributed by atoms with Gasteiger partial charge in [-0.05, 0) is 41.9 Å². The molecule has 0 amide bonds. The molecule has 2 aromatic carbocycles. The molecule has 0 saturated carbocycles. The third-order valence-electron chi connectivity index (χ3n) is 4.49. The molecular weight excluding hydrogens is 258 g/mol. The number of nitrogens with one attached hydrogen (secondary N) is 1. The van der Waals surface area contributed by atoms with E-state index in [1.807, 2.05) is 18.2 Å². The van der Waals surface area contributed by atoms with E-state index in [1.54, 1.807) is 0 Å². The van der Waals surface area contributed by atoms with Gasteiger partial charge in [0.1, 0.15) is 0 Å². The van der Waals surface area contributed by atoms with Gasteiger partial charge in [0.25, 0.3) is 0 Å². The Labute approximate surface area is 126 Å². The molecule has 0 radical (unpaired) electrons. The quantitative estimate of drug-likeness (QED) is 0.880. The van der Waals surface area contributed by atoms with Gasteiger partial charge in [-0.1, -0.05) is 54.6 Å². The SMILES string of the molecule is OCC(NCC1CCCc2ccccc21)c1ccccc1. The van der Waals surface area contributed by atoms with Crippen molar-refractivity contribution in [3.05, 3.63) is 71.3 Å². The van der Waals surface area contributed by atoms with Crippen LogP contribution in [-0.2, 0) is 6.42 Å². The van der Waals surface area contributed by atoms with E-state index in [4.69, 9.17) is 0 Å². The highest BCUT2D eigenvalue weighted by molar-refractivity contribution is 5.33. The molecule has 2 atom stereocenters. The number of aryl methyl sites for hydroxylation is 1. The average Bonchev–Trinajstić information content (AvgIpc) is 2.56. The molecule has 2 heteroatoms. The maximum absolute atomic E-state index is 9.64. The second kappa shape index (κ2) is 6.88. The number of hydrogen-bond acceptors (Lipinski definition) is 2. The Morgan fingerprint density at radius 3 is 2.62 bits per heavy atom. The monoisotopic (exact) mass is 281 g/mol. The third-order valence-corrected chi connectivity index (χ3v) is 4.49. The minimum Gasteiger partial charge on any atom is -0.394 e. The van der Waals surface area contributed by atoms with Gasteiger partial charge in [0.15, 0.2) is 0 Å². The number of fused-ring (bicyclic) bond motifs is 1. The van der Waals surface area contributed by atoms with Crippen LogP contribution < -0.4 is 5.32 Å². The number of hydrogen-bond donors (Lipinski definition) is 2. The summed E-state index contributed by atoms with van der Waals surface area (Å²) in [5, 5.41) is 13.2. The molecule has 0 spiro atoms. The summed E-state index contributed by atoms with van der Waals surface area (Å²) in [4.78, 5) is 0. The molecule has 2 N–H and O–H groups in total. The molecule has 0 saturated heterocycles. The molecule has 0 aliphatic heterocycles. The molecule has 21 heavy (non-hydrogen) atoms. The summed E-state index contributed by atoms with van der Waals surface area (Å²) in [6.07, 6.45) is 3.70. The predicted octanol–water partition coefficient (Wildman–Crippen LogP) is 3.43. The fraction of sp³-hybridized carbons (Fsp3) is 0.368. The van der Waals surface area contributed by atoms with Crippen LogP contribution in [0.5, 0.6) is 0 Å². The topological polar surface area (TPSA) is 32.3 Å². The Morgan fingerprint density at radius 1 is 1.05 bits per heavy atom. The van der Waals surface area contributed by atoms with E-state index in [9.17, 15) is 5.11 Å². The summed E-state index contributed by atoms with van der Waals surface area (Å²) in [6.45, 7) is 1.06. The standard InChI is InChI=1S/C19H23NO/c21-14-19(16-8-2-1-3-9-16)20-13-17-11-6-10-15-7-4-5-12-18(15)17/h1-5,7-9,12,17,19-21H,6,10-11,13-14H2. The van der Waals surface area contributed by atoms with Crippen molar-refractivity contribution in [2.24, 2.45) is 0 Å². The highest BCUT2D eigenvalue weighted by atomic mass is 16.3. The summed E-state index contributed by atoms with van der Waals surface area (Å²) >= 11 is 0. The van der Waals surface area contributed by atoms with Crippen LogP contribution in [0.1, 0.15) is 41.5 Å². The molecule has 0 fully saturated rings. The first-order chi connectivity index (χ1) is 10.4. The smallest absolute Gasteiger partial charge is 0.0626 e. The summed E-state index contributed by atoms with van der Waals surface area (Å²) < 4.78 is 0. The lowest BCUT2D eigenvalue weighted by molar-refractivity contribution is 0.241. The van der Waals surface area contributed by atoms with Crippen LogP contribution >= 0.6 is 0 Å². The first-order valence-electron chi connectivity index (χ1n) is 7.85. The molecule has 1 aliphatic carbocycles. The van der Waals surface area contributed by atoms with Crippen molar-refractivity contribution < 1.29 is 5.11 Å². The summed E-state index contributed by atoms with van der Waals surface area (Å²) in [6, 6.07) is 19.0. The largest absolute Gasteiger partial charge is 0.394 e. The zero-order valence-electron chi connectivity index (χ0n) is 12.3. The van der Waals surface area contributed by atoms with E-state index < -0.39 is 0 Å². The number of aliphatic hydroxyl groups is 1. The Bertz CT molecular complexity index is 567. The van der Waals surface area contributed by atoms with Crippen LogP contribution in [0, 0.1) is 0 Å². The lowest BCUT2D eigenvalue weighted by Gasteiger charge is -2.27. The molecule has 2 aromatic rings. The van der Waals surface area contributed by atoms with Crippen molar-refractivity contribution >= 4 is 0 Å². The fourth-order valence-electron chi connectivity index (χ4n) is 3.32. The van der Waals surface area contributed by atoms with Crippen LogP contribution in [-0.4, -0.2) is 18.3 Å². The Kier molecular flexibility index (Phi) is 4.69. The van der Waals surface area contributed by atoms with E-state index in [1.165, 1.54) is 30.4 Å². The zero-order chi connectivity index (χ0) is 14.5. The second-order valence-electron chi connectivity index (χ2n) is 5.84. The number of benzene rings is 2. The Morgan fingerprint density at radius 2 is 1.81 bits per heavy atom. The summed E-state index contributed by atoms with van der Waals surface area (Å²) in [5.74, 6) is 0.563. The summed E-state index contributed by atoms with van der Waals surface area (Å²) in [7, 11) is 0. The van der Waals surface area contributed by atoms with Gasteiger partial charge in [-0.15, -0.1) is 0 Å². The lowest BCUT2D eigenvalue weighted by atomic mass is 9.82. The zero-order valence-corrected chi connectivity index (χ0v) is 12.3. The van der Waals surface area contributed by atoms with Crippen LogP contribution in [0.25, 0.3) is 0 Å². The molecule has 1 aliphatic rings. The van der Waals surface area contributed by atoms with E-state index >= 15 is 0 Å². The molecule has 0 bridgehead atoms. The minimum absolute atomic E-state index is 0.0280. The van der Waals surface area contributed by atoms with Gasteiger partial charge in [0.05, 0.1) is 12.6 Å². The third kappa shape index (κ3) is 3.34. The Balaban J connectivity index is 1.68. The van der Waals surface area contributed by atoms with Crippen molar-refractivity contribution in [1.29, 1.82) is 0 Å². The van der Waals surface area contributed by atoms with Crippen LogP contribution in [0.2, 0.25) is 0 Å². The van der Waals surface area contributed by atoms with Gasteiger partial charge in [-0.3, -0.25) is 0 Å². The van der Waals surface area contributed by atoms with Crippen LogP contribution in [0.3, 0.4) is 0 Å². The van der Waals surface area contributed by atoms with Gasteiger partial charge in [0, 0.05) is 6.54 Å². The van der Waals surface area contributed by atoms with E-state index in [2.05, 4.69) is 41.7 Å². The molecule has 0 heterocycles. The second-order valence-corrected chi connectivity index (χ2v) is 5.84. The van der Waals surface area contributed by atoms with Crippen LogP contribution in [0.4, 0.5) is 0 Å². The van der Waals surface area contributed by atoms with Gasteiger partial charge in [0.2, 0.25) is 0 Å². The van der Waals surface area contributed by atoms with Crippen molar-refractivity contribution in [1.82, 2.24) is 5.32 Å². The van der Waals surface area contributed by atoms with Gasteiger partial charge >= 0.3 is 0 Å². The van der Waals surface area contributed by atoms with E-state index in [0.717, 1.165) is 12.1 Å². The highest BCUT2D eigenvalue weighted by Crippen LogP contribution is 2.31. The van der Waals surface area contributed by atoms with Crippen molar-refractivity contribution in [2.75, 3.05) is 13.2 Å². The molecule has 110 valence electrons. The lowest BCUT2D eigenvalue weighted by Crippen LogP contribution is -2.30. The van der Waals surface area contributed by atoms with Crippen LogP contribution in [0.15, 0.2) is 54.6 Å². The van der Waals surface area contributed by atoms with Crippen molar-refractivity contribution in [3.8, 4) is 0 Å². The molecular formula is C19H23NO. The van der Waals surface area contributed by atoms with Gasteiger partial charge < -0.3 is 10.4 Å². The molecule has 2 unspecified atom stereocenters. The minimum atomic E-state index is 0.0280. The van der Waals surface area contributed by atoms with Crippen molar-refractivity contribution in [3.63, 3.8) is 0 Å². The normalized spacial score (nSPS) is 19.0. The maximum atomic E-state index is 9.64. The highest BCUT2D eigenvalue weighted by Gasteiger charge is 2.20. The first-order valence-corrected chi connectivity index (χ1v) is 7.85. The Hall–Kier alpha value is -1.64. The number of rotatable bonds is 5. The van der Waals surface area contributed by atoms with Gasteiger partial charge in [-0.2, -0.15) is 0 Å². The first kappa shape index (κ1) is 14.3. The predicted molar refractivity (Wildman–Crippen MR) is 86.4 cm³/mol.